The number of hydrogen-bond acceptors (Lipinski definition) is 5. The Morgan fingerprint density at radius 1 is 1.55 bits per heavy atom. The number of nitriles is 1. The van der Waals surface area contributed by atoms with E-state index in [0.717, 1.165) is 0 Å². The first kappa shape index (κ1) is 15.6. The number of nitro benzene ring substituents is 1. The molecule has 0 bridgehead atoms. The molecular formula is C13H16N4O3. The van der Waals surface area contributed by atoms with E-state index < -0.39 is 11.0 Å². The molecule has 2 unspecified atom stereocenters. The van der Waals surface area contributed by atoms with Crippen LogP contribution in [0.25, 0.3) is 0 Å². The summed E-state index contributed by atoms with van der Waals surface area (Å²) in [5.74, 6) is -0.150. The van der Waals surface area contributed by atoms with Crippen LogP contribution in [0.5, 0.6) is 0 Å². The molecule has 0 saturated carbocycles. The van der Waals surface area contributed by atoms with Gasteiger partial charge in [-0.1, -0.05) is 12.1 Å². The normalized spacial score (nSPS) is 13.1. The first-order valence-electron chi connectivity index (χ1n) is 6.08. The molecule has 0 aromatic heterocycles. The molecule has 20 heavy (non-hydrogen) atoms. The van der Waals surface area contributed by atoms with Crippen LogP contribution in [0, 0.1) is 21.4 Å². The summed E-state index contributed by atoms with van der Waals surface area (Å²) < 4.78 is 0. The Morgan fingerprint density at radius 3 is 2.80 bits per heavy atom. The standard InChI is InChI=1S/C13H16N4O3/c1-9(16-10(2)18)8-15-13(7-14)11-4-3-5-12(6-11)17(19)20/h3-6,9,13,15H,8H2,1-2H3,(H,16,18). The molecule has 2 atom stereocenters. The Labute approximate surface area is 116 Å². The Kier molecular flexibility index (Phi) is 5.62. The number of amides is 1. The van der Waals surface area contributed by atoms with Crippen LogP contribution < -0.4 is 10.6 Å². The molecule has 2 N–H and O–H groups in total. The molecule has 1 rings (SSSR count). The van der Waals surface area contributed by atoms with Crippen LogP contribution in [0.15, 0.2) is 24.3 Å². The largest absolute Gasteiger partial charge is 0.353 e. The lowest BCUT2D eigenvalue weighted by Gasteiger charge is -2.16. The minimum Gasteiger partial charge on any atom is -0.353 e. The second-order valence-electron chi connectivity index (χ2n) is 4.42. The van der Waals surface area contributed by atoms with Crippen molar-refractivity contribution in [2.45, 2.75) is 25.9 Å². The number of benzene rings is 1. The zero-order valence-electron chi connectivity index (χ0n) is 11.3. The highest BCUT2D eigenvalue weighted by Gasteiger charge is 2.15. The molecule has 1 aromatic rings. The van der Waals surface area contributed by atoms with Gasteiger partial charge in [-0.25, -0.2) is 0 Å². The van der Waals surface area contributed by atoms with Gasteiger partial charge in [-0.3, -0.25) is 20.2 Å². The molecule has 0 radical (unpaired) electrons. The van der Waals surface area contributed by atoms with E-state index in [4.69, 9.17) is 5.26 Å². The van der Waals surface area contributed by atoms with Crippen LogP contribution >= 0.6 is 0 Å². The van der Waals surface area contributed by atoms with Crippen LogP contribution in [-0.4, -0.2) is 23.4 Å². The van der Waals surface area contributed by atoms with Crippen molar-refractivity contribution in [3.63, 3.8) is 0 Å². The summed E-state index contributed by atoms with van der Waals surface area (Å²) in [6, 6.07) is 7.17. The van der Waals surface area contributed by atoms with E-state index in [1.54, 1.807) is 13.0 Å². The van der Waals surface area contributed by atoms with Crippen molar-refractivity contribution < 1.29 is 9.72 Å². The van der Waals surface area contributed by atoms with Gasteiger partial charge in [-0.2, -0.15) is 5.26 Å². The molecule has 0 aliphatic carbocycles. The number of hydrogen-bond donors (Lipinski definition) is 2. The number of nitrogens with zero attached hydrogens (tertiary/aromatic N) is 2. The fraction of sp³-hybridized carbons (Fsp3) is 0.385. The molecule has 0 aliphatic heterocycles. The van der Waals surface area contributed by atoms with E-state index >= 15 is 0 Å². The Morgan fingerprint density at radius 2 is 2.25 bits per heavy atom. The van der Waals surface area contributed by atoms with Crippen LogP contribution in [0.2, 0.25) is 0 Å². The maximum absolute atomic E-state index is 10.9. The van der Waals surface area contributed by atoms with Crippen LogP contribution in [0.4, 0.5) is 5.69 Å². The summed E-state index contributed by atoms with van der Waals surface area (Å²) in [6.07, 6.45) is 0. The summed E-state index contributed by atoms with van der Waals surface area (Å²) >= 11 is 0. The molecule has 1 amide bonds. The van der Waals surface area contributed by atoms with E-state index in [0.29, 0.717) is 12.1 Å². The predicted octanol–water partition coefficient (Wildman–Crippen LogP) is 1.27. The number of carbonyl (C=O) groups excluding carboxylic acids is 1. The van der Waals surface area contributed by atoms with Crippen LogP contribution in [0.1, 0.15) is 25.5 Å². The van der Waals surface area contributed by atoms with E-state index in [-0.39, 0.29) is 17.6 Å². The third-order valence-corrected chi connectivity index (χ3v) is 2.62. The summed E-state index contributed by atoms with van der Waals surface area (Å²) in [5.41, 5.74) is 0.469. The van der Waals surface area contributed by atoms with E-state index in [1.807, 2.05) is 6.07 Å². The van der Waals surface area contributed by atoms with Gasteiger partial charge in [0.15, 0.2) is 0 Å². The molecule has 0 spiro atoms. The minimum atomic E-state index is -0.661. The molecule has 7 nitrogen and oxygen atoms in total. The topological polar surface area (TPSA) is 108 Å². The van der Waals surface area contributed by atoms with Gasteiger partial charge < -0.3 is 5.32 Å². The van der Waals surface area contributed by atoms with Crippen molar-refractivity contribution in [3.05, 3.63) is 39.9 Å². The number of nitrogens with one attached hydrogen (secondary N) is 2. The summed E-state index contributed by atoms with van der Waals surface area (Å²) in [5, 5.41) is 25.5. The lowest BCUT2D eigenvalue weighted by Crippen LogP contribution is -2.39. The molecular weight excluding hydrogens is 260 g/mol. The fourth-order valence-electron chi connectivity index (χ4n) is 1.75. The summed E-state index contributed by atoms with van der Waals surface area (Å²) in [6.45, 7) is 3.61. The van der Waals surface area contributed by atoms with Gasteiger partial charge in [0.05, 0.1) is 11.0 Å². The van der Waals surface area contributed by atoms with Crippen molar-refractivity contribution in [2.24, 2.45) is 0 Å². The number of carbonyl (C=O) groups is 1. The lowest BCUT2D eigenvalue weighted by atomic mass is 10.1. The van der Waals surface area contributed by atoms with Crippen LogP contribution in [-0.2, 0) is 4.79 Å². The van der Waals surface area contributed by atoms with E-state index in [1.165, 1.54) is 25.1 Å². The van der Waals surface area contributed by atoms with Gasteiger partial charge in [-0.05, 0) is 12.5 Å². The lowest BCUT2D eigenvalue weighted by molar-refractivity contribution is -0.384. The van der Waals surface area contributed by atoms with Gasteiger partial charge in [0.25, 0.3) is 5.69 Å². The first-order chi connectivity index (χ1) is 9.43. The molecule has 106 valence electrons. The average Bonchev–Trinajstić information content (AvgIpc) is 2.39. The quantitative estimate of drug-likeness (QED) is 0.601. The van der Waals surface area contributed by atoms with Crippen molar-refractivity contribution in [2.75, 3.05) is 6.54 Å². The highest BCUT2D eigenvalue weighted by Crippen LogP contribution is 2.18. The summed E-state index contributed by atoms with van der Waals surface area (Å²) in [7, 11) is 0. The second kappa shape index (κ2) is 7.21. The minimum absolute atomic E-state index is 0.0561. The molecule has 0 heterocycles. The molecule has 0 aliphatic rings. The number of non-ortho nitro benzene ring substituents is 1. The maximum Gasteiger partial charge on any atom is 0.269 e. The number of nitro groups is 1. The van der Waals surface area contributed by atoms with Gasteiger partial charge in [-0.15, -0.1) is 0 Å². The van der Waals surface area contributed by atoms with Gasteiger partial charge in [0, 0.05) is 31.6 Å². The molecule has 7 heteroatoms. The Balaban J connectivity index is 2.72. The average molecular weight is 276 g/mol. The smallest absolute Gasteiger partial charge is 0.269 e. The van der Waals surface area contributed by atoms with Crippen molar-refractivity contribution in [1.29, 1.82) is 5.26 Å². The van der Waals surface area contributed by atoms with Crippen molar-refractivity contribution in [3.8, 4) is 6.07 Å². The van der Waals surface area contributed by atoms with Crippen LogP contribution in [0.3, 0.4) is 0 Å². The molecule has 1 aromatic carbocycles. The van der Waals surface area contributed by atoms with Gasteiger partial charge in [0.1, 0.15) is 6.04 Å². The SMILES string of the molecule is CC(=O)NC(C)CNC(C#N)c1cccc([N+](=O)[O-])c1. The molecule has 0 fully saturated rings. The van der Waals surface area contributed by atoms with Crippen molar-refractivity contribution >= 4 is 11.6 Å². The van der Waals surface area contributed by atoms with Crippen molar-refractivity contribution in [1.82, 2.24) is 10.6 Å². The van der Waals surface area contributed by atoms with E-state index in [9.17, 15) is 14.9 Å². The number of rotatable bonds is 6. The maximum atomic E-state index is 10.9. The predicted molar refractivity (Wildman–Crippen MR) is 72.7 cm³/mol. The Hall–Kier alpha value is -2.46. The zero-order valence-corrected chi connectivity index (χ0v) is 11.3. The highest BCUT2D eigenvalue weighted by atomic mass is 16.6. The fourth-order valence-corrected chi connectivity index (χ4v) is 1.75. The highest BCUT2D eigenvalue weighted by molar-refractivity contribution is 5.73. The summed E-state index contributed by atoms with van der Waals surface area (Å²) in [4.78, 5) is 21.1. The Bertz CT molecular complexity index is 539. The third-order valence-electron chi connectivity index (χ3n) is 2.62. The second-order valence-corrected chi connectivity index (χ2v) is 4.42. The van der Waals surface area contributed by atoms with Gasteiger partial charge >= 0.3 is 0 Å². The van der Waals surface area contributed by atoms with E-state index in [2.05, 4.69) is 10.6 Å². The monoisotopic (exact) mass is 276 g/mol. The molecule has 0 saturated heterocycles. The zero-order chi connectivity index (χ0) is 15.1. The van der Waals surface area contributed by atoms with Gasteiger partial charge in [0.2, 0.25) is 5.91 Å². The third kappa shape index (κ3) is 4.66. The first-order valence-corrected chi connectivity index (χ1v) is 6.08.